The van der Waals surface area contributed by atoms with Crippen molar-refractivity contribution in [2.75, 3.05) is 13.9 Å². The minimum absolute atomic E-state index is 0.00855. The van der Waals surface area contributed by atoms with Gasteiger partial charge >= 0.3 is 11.9 Å². The number of carbonyl (C=O) groups excluding carboxylic acids is 2. The van der Waals surface area contributed by atoms with Crippen molar-refractivity contribution in [2.45, 2.75) is 152 Å². The molecule has 7 aliphatic rings. The standard InChI is InChI=1S/C30H44O10/c1-26(2)27(3)15-16-30(26,40-24(27)31)25(32)35-19-18(34-17-33-4)20-22(38-28(36-20)11-7-5-8-12-28)23-21(19)37-29(39-23)13-9-6-10-14-29/h18-23H,5-17H2,1-4H3/t18-,19-,20+,21-,22-,23-,27-,30+/m0/s1. The van der Waals surface area contributed by atoms with Gasteiger partial charge in [-0.05, 0) is 45.4 Å². The van der Waals surface area contributed by atoms with E-state index in [1.54, 1.807) is 7.11 Å². The summed E-state index contributed by atoms with van der Waals surface area (Å²) in [5, 5.41) is 0. The second-order valence-corrected chi connectivity index (χ2v) is 13.9. The molecular weight excluding hydrogens is 520 g/mol. The van der Waals surface area contributed by atoms with Crippen LogP contribution in [0.25, 0.3) is 0 Å². The van der Waals surface area contributed by atoms with Gasteiger partial charge in [0, 0.05) is 38.2 Å². The normalized spacial score (nSPS) is 45.9. The van der Waals surface area contributed by atoms with Crippen molar-refractivity contribution in [3.63, 3.8) is 0 Å². The predicted molar refractivity (Wildman–Crippen MR) is 138 cm³/mol. The van der Waals surface area contributed by atoms with E-state index in [4.69, 9.17) is 37.9 Å². The van der Waals surface area contributed by atoms with E-state index in [1.807, 2.05) is 20.8 Å². The number of hydrogen-bond donors (Lipinski definition) is 0. The average Bonchev–Trinajstić information content (AvgIpc) is 3.58. The minimum atomic E-state index is -1.36. The van der Waals surface area contributed by atoms with Crippen molar-refractivity contribution < 1.29 is 47.5 Å². The highest BCUT2D eigenvalue weighted by atomic mass is 16.8. The van der Waals surface area contributed by atoms with Crippen molar-refractivity contribution in [2.24, 2.45) is 10.8 Å². The summed E-state index contributed by atoms with van der Waals surface area (Å²) >= 11 is 0. The van der Waals surface area contributed by atoms with Gasteiger partial charge in [0.25, 0.3) is 0 Å². The van der Waals surface area contributed by atoms with Crippen LogP contribution in [0.4, 0.5) is 0 Å². The van der Waals surface area contributed by atoms with E-state index in [9.17, 15) is 9.59 Å². The Labute approximate surface area is 236 Å². The Bertz CT molecular complexity index is 1020. The second-order valence-electron chi connectivity index (χ2n) is 13.9. The van der Waals surface area contributed by atoms with Crippen LogP contribution in [0, 0.1) is 10.8 Å². The van der Waals surface area contributed by atoms with Gasteiger partial charge in [-0.25, -0.2) is 4.79 Å². The summed E-state index contributed by atoms with van der Waals surface area (Å²) < 4.78 is 50.9. The lowest BCUT2D eigenvalue weighted by Crippen LogP contribution is -2.64. The van der Waals surface area contributed by atoms with Crippen LogP contribution in [0.15, 0.2) is 0 Å². The quantitative estimate of drug-likeness (QED) is 0.360. The molecule has 0 aromatic carbocycles. The molecule has 10 heteroatoms. The molecule has 40 heavy (non-hydrogen) atoms. The average molecular weight is 565 g/mol. The fourth-order valence-electron chi connectivity index (χ4n) is 8.75. The number of carbonyl (C=O) groups is 2. The fourth-order valence-corrected chi connectivity index (χ4v) is 8.75. The third-order valence-electron chi connectivity index (χ3n) is 11.6. The molecule has 7 fully saturated rings. The third-order valence-corrected chi connectivity index (χ3v) is 11.6. The van der Waals surface area contributed by atoms with E-state index in [0.29, 0.717) is 12.8 Å². The molecule has 4 aliphatic carbocycles. The summed E-state index contributed by atoms with van der Waals surface area (Å²) in [6.07, 6.45) is 6.91. The van der Waals surface area contributed by atoms with Crippen molar-refractivity contribution in [3.8, 4) is 0 Å². The topological polar surface area (TPSA) is 108 Å². The van der Waals surface area contributed by atoms with Gasteiger partial charge < -0.3 is 37.9 Å². The molecule has 8 atom stereocenters. The van der Waals surface area contributed by atoms with Gasteiger partial charge in [-0.3, -0.25) is 4.79 Å². The summed E-state index contributed by atoms with van der Waals surface area (Å²) in [5.41, 5.74) is -2.84. The zero-order chi connectivity index (χ0) is 28.0. The molecule has 0 radical (unpaired) electrons. The summed E-state index contributed by atoms with van der Waals surface area (Å²) in [5.74, 6) is -2.34. The molecule has 0 amide bonds. The lowest BCUT2D eigenvalue weighted by molar-refractivity contribution is -0.243. The number of rotatable bonds is 5. The number of hydrogen-bond acceptors (Lipinski definition) is 10. The molecule has 7 rings (SSSR count). The van der Waals surface area contributed by atoms with Crippen molar-refractivity contribution >= 4 is 11.9 Å². The van der Waals surface area contributed by atoms with Gasteiger partial charge in [0.15, 0.2) is 17.7 Å². The molecule has 0 aromatic heterocycles. The first-order chi connectivity index (χ1) is 19.1. The second kappa shape index (κ2) is 9.35. The monoisotopic (exact) mass is 564 g/mol. The molecule has 3 heterocycles. The minimum Gasteiger partial charge on any atom is -0.454 e. The lowest BCUT2D eigenvalue weighted by Gasteiger charge is -2.43. The van der Waals surface area contributed by atoms with Gasteiger partial charge in [-0.1, -0.05) is 26.7 Å². The van der Waals surface area contributed by atoms with Crippen LogP contribution in [0.3, 0.4) is 0 Å². The molecule has 224 valence electrons. The maximum absolute atomic E-state index is 14.2. The Kier molecular flexibility index (Phi) is 6.43. The molecule has 2 spiro atoms. The van der Waals surface area contributed by atoms with Crippen LogP contribution in [0.1, 0.15) is 97.8 Å². The molecule has 0 N–H and O–H groups in total. The summed E-state index contributed by atoms with van der Waals surface area (Å²) in [6.45, 7) is 5.73. The summed E-state index contributed by atoms with van der Waals surface area (Å²) in [4.78, 5) is 27.1. The van der Waals surface area contributed by atoms with Crippen LogP contribution in [-0.2, 0) is 47.5 Å². The summed E-state index contributed by atoms with van der Waals surface area (Å²) in [7, 11) is 1.56. The molecule has 0 aromatic rings. The van der Waals surface area contributed by atoms with Gasteiger partial charge in [-0.2, -0.15) is 0 Å². The zero-order valence-electron chi connectivity index (χ0n) is 24.2. The van der Waals surface area contributed by atoms with Gasteiger partial charge in [0.05, 0.1) is 5.41 Å². The molecule has 2 bridgehead atoms. The van der Waals surface area contributed by atoms with Crippen LogP contribution in [0.5, 0.6) is 0 Å². The number of fused-ring (bicyclic) bond motifs is 5. The number of esters is 2. The highest BCUT2D eigenvalue weighted by Crippen LogP contribution is 2.66. The highest BCUT2D eigenvalue weighted by Gasteiger charge is 2.77. The van der Waals surface area contributed by atoms with Crippen LogP contribution < -0.4 is 0 Å². The smallest absolute Gasteiger partial charge is 0.351 e. The molecule has 4 saturated carbocycles. The Balaban J connectivity index is 1.24. The first-order valence-corrected chi connectivity index (χ1v) is 15.4. The molecule has 10 nitrogen and oxygen atoms in total. The van der Waals surface area contributed by atoms with E-state index in [0.717, 1.165) is 64.2 Å². The molecular formula is C30H44O10. The Hall–Kier alpha value is -1.30. The first kappa shape index (κ1) is 27.5. The third kappa shape index (κ3) is 3.68. The van der Waals surface area contributed by atoms with E-state index < -0.39 is 70.6 Å². The van der Waals surface area contributed by atoms with Crippen LogP contribution in [0.2, 0.25) is 0 Å². The fraction of sp³-hybridized carbons (Fsp3) is 0.933. The van der Waals surface area contributed by atoms with Gasteiger partial charge in [0.1, 0.15) is 37.3 Å². The number of methoxy groups -OCH3 is 1. The van der Waals surface area contributed by atoms with E-state index in [2.05, 4.69) is 0 Å². The van der Waals surface area contributed by atoms with E-state index in [1.165, 1.54) is 0 Å². The Morgan fingerprint density at radius 1 is 0.750 bits per heavy atom. The van der Waals surface area contributed by atoms with Crippen molar-refractivity contribution in [1.29, 1.82) is 0 Å². The molecule has 3 saturated heterocycles. The molecule has 0 unspecified atom stereocenters. The van der Waals surface area contributed by atoms with E-state index in [-0.39, 0.29) is 12.8 Å². The SMILES string of the molecule is COCO[C@H]1[C@H](OC(=O)[C@@]23CC[C@@](C)(C(=O)O2)C3(C)C)[C@@H]2OC3(CCCCC3)O[C@@H]2[C@H]2OC3(CCCCC3)O[C@H]12. The van der Waals surface area contributed by atoms with Crippen LogP contribution in [-0.4, -0.2) is 79.6 Å². The zero-order valence-corrected chi connectivity index (χ0v) is 24.2. The maximum atomic E-state index is 14.2. The predicted octanol–water partition coefficient (Wildman–Crippen LogP) is 3.91. The largest absolute Gasteiger partial charge is 0.454 e. The van der Waals surface area contributed by atoms with E-state index >= 15 is 0 Å². The lowest BCUT2D eigenvalue weighted by atomic mass is 9.66. The van der Waals surface area contributed by atoms with Crippen molar-refractivity contribution in [3.05, 3.63) is 0 Å². The van der Waals surface area contributed by atoms with Gasteiger partial charge in [-0.15, -0.1) is 0 Å². The van der Waals surface area contributed by atoms with Crippen molar-refractivity contribution in [1.82, 2.24) is 0 Å². The molecule has 3 aliphatic heterocycles. The Morgan fingerprint density at radius 3 is 1.75 bits per heavy atom. The Morgan fingerprint density at radius 2 is 1.27 bits per heavy atom. The summed E-state index contributed by atoms with van der Waals surface area (Å²) in [6, 6.07) is 0. The number of ether oxygens (including phenoxy) is 8. The highest BCUT2D eigenvalue weighted by molar-refractivity contribution is 5.93. The van der Waals surface area contributed by atoms with Gasteiger partial charge in [0.2, 0.25) is 5.60 Å². The van der Waals surface area contributed by atoms with Crippen LogP contribution >= 0.6 is 0 Å². The maximum Gasteiger partial charge on any atom is 0.351 e. The first-order valence-electron chi connectivity index (χ1n) is 15.4.